The number of aromatic nitrogens is 2. The molecule has 3 aliphatic heterocycles. The van der Waals surface area contributed by atoms with Crippen LogP contribution < -0.4 is 9.64 Å². The second-order valence-corrected chi connectivity index (χ2v) is 13.4. The van der Waals surface area contributed by atoms with Gasteiger partial charge in [-0.25, -0.2) is 23.2 Å². The van der Waals surface area contributed by atoms with Gasteiger partial charge in [0.2, 0.25) is 21.8 Å². The number of piperazine rings is 1. The lowest BCUT2D eigenvalue weighted by atomic mass is 9.98. The average molecular weight is 583 g/mol. The van der Waals surface area contributed by atoms with Gasteiger partial charge in [0.1, 0.15) is 5.60 Å². The van der Waals surface area contributed by atoms with Crippen LogP contribution in [0.5, 0.6) is 5.88 Å². The summed E-state index contributed by atoms with van der Waals surface area (Å²) in [6.07, 6.45) is 4.36. The third-order valence-electron chi connectivity index (χ3n) is 8.10. The van der Waals surface area contributed by atoms with Crippen molar-refractivity contribution in [1.82, 2.24) is 24.1 Å². The zero-order valence-electron chi connectivity index (χ0n) is 22.7. The largest absolute Gasteiger partial charge is 0.476 e. The molecular weight excluding hydrogens is 544 g/mol. The summed E-state index contributed by atoms with van der Waals surface area (Å²) in [6, 6.07) is 0. The SMILES string of the molecule is CC1(OC(=O)N2CCC(COc3cnc(N4CCN(S(=O)(=O)CCN5CC(O)C(O)C5)CC4=O)cn3)CC2)CC1. The first-order valence-electron chi connectivity index (χ1n) is 13.8. The van der Waals surface area contributed by atoms with E-state index in [1.54, 1.807) is 9.80 Å². The van der Waals surface area contributed by atoms with E-state index >= 15 is 0 Å². The number of carbonyl (C=O) groups is 2. The zero-order chi connectivity index (χ0) is 28.5. The van der Waals surface area contributed by atoms with Gasteiger partial charge in [-0.15, -0.1) is 0 Å². The molecule has 2 atom stereocenters. The Morgan fingerprint density at radius 3 is 2.38 bits per heavy atom. The third kappa shape index (κ3) is 7.00. The number of β-amino-alcohol motifs (C(OH)–C–C–N with tert-alkyl or cyclic N) is 2. The van der Waals surface area contributed by atoms with Gasteiger partial charge in [-0.3, -0.25) is 14.6 Å². The van der Waals surface area contributed by atoms with Crippen molar-refractivity contribution >= 4 is 27.8 Å². The number of rotatable bonds is 9. The summed E-state index contributed by atoms with van der Waals surface area (Å²) in [4.78, 5) is 38.5. The summed E-state index contributed by atoms with van der Waals surface area (Å²) in [5.74, 6) is 0.336. The van der Waals surface area contributed by atoms with Gasteiger partial charge in [0.15, 0.2) is 5.82 Å². The number of carbonyl (C=O) groups excluding carboxylic acids is 2. The second-order valence-electron chi connectivity index (χ2n) is 11.4. The molecular formula is C25H38N6O8S. The maximum Gasteiger partial charge on any atom is 0.410 e. The molecule has 2 amide bonds. The van der Waals surface area contributed by atoms with Gasteiger partial charge in [0.25, 0.3) is 0 Å². The van der Waals surface area contributed by atoms with Crippen LogP contribution >= 0.6 is 0 Å². The van der Waals surface area contributed by atoms with Crippen LogP contribution in [-0.4, -0.2) is 137 Å². The number of aliphatic hydroxyl groups is 2. The Hall–Kier alpha value is -2.59. The van der Waals surface area contributed by atoms with E-state index in [2.05, 4.69) is 9.97 Å². The number of amides is 2. The van der Waals surface area contributed by atoms with Gasteiger partial charge in [-0.05, 0) is 38.5 Å². The van der Waals surface area contributed by atoms with Crippen molar-refractivity contribution in [2.75, 3.05) is 69.6 Å². The minimum Gasteiger partial charge on any atom is -0.476 e. The van der Waals surface area contributed by atoms with E-state index in [4.69, 9.17) is 9.47 Å². The molecule has 0 spiro atoms. The van der Waals surface area contributed by atoms with Crippen molar-refractivity contribution in [3.8, 4) is 5.88 Å². The summed E-state index contributed by atoms with van der Waals surface area (Å²) in [7, 11) is -3.69. The highest BCUT2D eigenvalue weighted by atomic mass is 32.2. The van der Waals surface area contributed by atoms with Crippen LogP contribution in [0.4, 0.5) is 10.6 Å². The molecule has 4 fully saturated rings. The van der Waals surface area contributed by atoms with Crippen molar-refractivity contribution in [2.24, 2.45) is 5.92 Å². The second kappa shape index (κ2) is 11.7. The van der Waals surface area contributed by atoms with Crippen molar-refractivity contribution < 1.29 is 37.7 Å². The van der Waals surface area contributed by atoms with Gasteiger partial charge in [-0.2, -0.15) is 4.31 Å². The minimum atomic E-state index is -3.69. The Balaban J connectivity index is 1.04. The monoisotopic (exact) mass is 582 g/mol. The molecule has 40 heavy (non-hydrogen) atoms. The molecule has 2 N–H and O–H groups in total. The zero-order valence-corrected chi connectivity index (χ0v) is 23.5. The number of hydrogen-bond acceptors (Lipinski definition) is 11. The molecule has 222 valence electrons. The van der Waals surface area contributed by atoms with E-state index in [9.17, 15) is 28.2 Å². The molecule has 1 aromatic heterocycles. The lowest BCUT2D eigenvalue weighted by molar-refractivity contribution is -0.120. The van der Waals surface area contributed by atoms with Gasteiger partial charge in [0, 0.05) is 45.8 Å². The summed E-state index contributed by atoms with van der Waals surface area (Å²) in [5, 5.41) is 19.3. The van der Waals surface area contributed by atoms with E-state index in [0.29, 0.717) is 31.4 Å². The molecule has 0 aromatic carbocycles. The molecule has 0 bridgehead atoms. The minimum absolute atomic E-state index is 0.130. The van der Waals surface area contributed by atoms with Crippen LogP contribution in [0.2, 0.25) is 0 Å². The van der Waals surface area contributed by atoms with Gasteiger partial charge in [-0.1, -0.05) is 0 Å². The number of likely N-dealkylation sites (tertiary alicyclic amines) is 2. The maximum atomic E-state index is 12.8. The average Bonchev–Trinajstić information content (AvgIpc) is 3.57. The summed E-state index contributed by atoms with van der Waals surface area (Å²) in [5.41, 5.74) is -0.275. The smallest absolute Gasteiger partial charge is 0.410 e. The van der Waals surface area contributed by atoms with Gasteiger partial charge < -0.3 is 24.6 Å². The van der Waals surface area contributed by atoms with E-state index in [1.807, 2.05) is 6.92 Å². The van der Waals surface area contributed by atoms with E-state index < -0.39 is 28.1 Å². The predicted octanol–water partition coefficient (Wildman–Crippen LogP) is -0.728. The van der Waals surface area contributed by atoms with E-state index in [-0.39, 0.29) is 62.6 Å². The van der Waals surface area contributed by atoms with Gasteiger partial charge >= 0.3 is 6.09 Å². The number of sulfonamides is 1. The number of nitrogens with zero attached hydrogens (tertiary/aromatic N) is 6. The predicted molar refractivity (Wildman–Crippen MR) is 142 cm³/mol. The molecule has 2 unspecified atom stereocenters. The van der Waals surface area contributed by atoms with Crippen molar-refractivity contribution in [2.45, 2.75) is 50.4 Å². The number of aliphatic hydroxyl groups excluding tert-OH is 2. The summed E-state index contributed by atoms with van der Waals surface area (Å²) < 4.78 is 38.1. The highest BCUT2D eigenvalue weighted by Gasteiger charge is 2.43. The van der Waals surface area contributed by atoms with Crippen molar-refractivity contribution in [3.63, 3.8) is 0 Å². The van der Waals surface area contributed by atoms with E-state index in [1.165, 1.54) is 17.3 Å². The Morgan fingerprint density at radius 2 is 1.77 bits per heavy atom. The number of ether oxygens (including phenoxy) is 2. The molecule has 0 radical (unpaired) electrons. The number of anilines is 1. The van der Waals surface area contributed by atoms with Gasteiger partial charge in [0.05, 0.1) is 43.5 Å². The van der Waals surface area contributed by atoms with Crippen LogP contribution in [0.1, 0.15) is 32.6 Å². The first-order chi connectivity index (χ1) is 19.0. The first-order valence-corrected chi connectivity index (χ1v) is 15.4. The van der Waals surface area contributed by atoms with Crippen LogP contribution in [0.15, 0.2) is 12.4 Å². The highest BCUT2D eigenvalue weighted by Crippen LogP contribution is 2.39. The fourth-order valence-corrected chi connectivity index (χ4v) is 6.51. The number of piperidine rings is 1. The Kier molecular flexibility index (Phi) is 8.47. The molecule has 1 aliphatic carbocycles. The van der Waals surface area contributed by atoms with Crippen LogP contribution in [0.3, 0.4) is 0 Å². The quantitative estimate of drug-likeness (QED) is 0.377. The molecule has 15 heteroatoms. The lowest BCUT2D eigenvalue weighted by Crippen LogP contribution is -2.53. The Morgan fingerprint density at radius 1 is 1.07 bits per heavy atom. The molecule has 4 aliphatic rings. The van der Waals surface area contributed by atoms with Crippen LogP contribution in [-0.2, 0) is 19.6 Å². The van der Waals surface area contributed by atoms with Crippen LogP contribution in [0, 0.1) is 5.92 Å². The van der Waals surface area contributed by atoms with E-state index in [0.717, 1.165) is 30.0 Å². The molecule has 14 nitrogen and oxygen atoms in total. The molecule has 1 aromatic rings. The maximum absolute atomic E-state index is 12.8. The molecule has 3 saturated heterocycles. The third-order valence-corrected chi connectivity index (χ3v) is 9.89. The lowest BCUT2D eigenvalue weighted by Gasteiger charge is -2.33. The first kappa shape index (κ1) is 28.9. The molecule has 1 saturated carbocycles. The standard InChI is InChI=1S/C25H38N6O8S/c1-25(4-5-25)39-24(35)29-6-2-18(3-7-29)17-38-22-13-26-21(12-27-22)31-9-8-30(16-23(31)34)40(36,37)11-10-28-14-19(32)20(33)15-28/h12-13,18-20,32-33H,2-11,14-17H2,1H3. The summed E-state index contributed by atoms with van der Waals surface area (Å²) >= 11 is 0. The fraction of sp³-hybridized carbons (Fsp3) is 0.760. The summed E-state index contributed by atoms with van der Waals surface area (Å²) in [6.45, 7) is 4.25. The normalized spacial score (nSPS) is 26.2. The Labute approximate surface area is 233 Å². The number of hydrogen-bond donors (Lipinski definition) is 2. The Bertz CT molecular complexity index is 1160. The topological polar surface area (TPSA) is 166 Å². The fourth-order valence-electron chi connectivity index (χ4n) is 5.10. The van der Waals surface area contributed by atoms with Crippen molar-refractivity contribution in [3.05, 3.63) is 12.4 Å². The van der Waals surface area contributed by atoms with Crippen molar-refractivity contribution in [1.29, 1.82) is 0 Å². The molecule has 5 rings (SSSR count). The van der Waals surface area contributed by atoms with Crippen LogP contribution in [0.25, 0.3) is 0 Å². The molecule has 4 heterocycles. The highest BCUT2D eigenvalue weighted by molar-refractivity contribution is 7.89.